The van der Waals surface area contributed by atoms with E-state index in [-0.39, 0.29) is 5.91 Å². The van der Waals surface area contributed by atoms with Gasteiger partial charge in [0.2, 0.25) is 0 Å². The third-order valence-corrected chi connectivity index (χ3v) is 2.24. The third kappa shape index (κ3) is 1.48. The molecule has 0 saturated carbocycles. The Morgan fingerprint density at radius 2 is 2.43 bits per heavy atom. The first-order chi connectivity index (χ1) is 6.81. The van der Waals surface area contributed by atoms with Crippen molar-refractivity contribution in [3.63, 3.8) is 0 Å². The SMILES string of the molecule is C=CCNc1ccc2c(c1)C(=O)NC2. The molecule has 2 rings (SSSR count). The van der Waals surface area contributed by atoms with Gasteiger partial charge in [-0.2, -0.15) is 0 Å². The lowest BCUT2D eigenvalue weighted by atomic mass is 10.1. The van der Waals surface area contributed by atoms with Crippen molar-refractivity contribution in [1.82, 2.24) is 5.32 Å². The zero-order valence-electron chi connectivity index (χ0n) is 7.84. The molecule has 0 aliphatic carbocycles. The van der Waals surface area contributed by atoms with Crippen LogP contribution in [-0.2, 0) is 6.54 Å². The Kier molecular flexibility index (Phi) is 2.23. The van der Waals surface area contributed by atoms with Crippen LogP contribution in [0, 0.1) is 0 Å². The van der Waals surface area contributed by atoms with Gasteiger partial charge < -0.3 is 10.6 Å². The van der Waals surface area contributed by atoms with Gasteiger partial charge in [0.25, 0.3) is 5.91 Å². The van der Waals surface area contributed by atoms with Gasteiger partial charge in [0, 0.05) is 24.3 Å². The van der Waals surface area contributed by atoms with Gasteiger partial charge >= 0.3 is 0 Å². The van der Waals surface area contributed by atoms with Crippen LogP contribution in [0.5, 0.6) is 0 Å². The zero-order valence-corrected chi connectivity index (χ0v) is 7.84. The highest BCUT2D eigenvalue weighted by molar-refractivity contribution is 5.99. The number of amides is 1. The van der Waals surface area contributed by atoms with Crippen molar-refractivity contribution in [2.75, 3.05) is 11.9 Å². The largest absolute Gasteiger partial charge is 0.382 e. The Balaban J connectivity index is 2.25. The summed E-state index contributed by atoms with van der Waals surface area (Å²) in [5.41, 5.74) is 2.80. The summed E-state index contributed by atoms with van der Waals surface area (Å²) in [6.07, 6.45) is 1.79. The number of fused-ring (bicyclic) bond motifs is 1. The van der Waals surface area contributed by atoms with Gasteiger partial charge in [-0.1, -0.05) is 12.1 Å². The first kappa shape index (κ1) is 8.81. The maximum atomic E-state index is 11.3. The fourth-order valence-electron chi connectivity index (χ4n) is 1.51. The quantitative estimate of drug-likeness (QED) is 0.706. The lowest BCUT2D eigenvalue weighted by molar-refractivity contribution is 0.0966. The summed E-state index contributed by atoms with van der Waals surface area (Å²) in [5, 5.41) is 5.93. The van der Waals surface area contributed by atoms with E-state index in [1.165, 1.54) is 0 Å². The van der Waals surface area contributed by atoms with Crippen LogP contribution < -0.4 is 10.6 Å². The van der Waals surface area contributed by atoms with Crippen LogP contribution in [0.4, 0.5) is 5.69 Å². The molecule has 72 valence electrons. The predicted molar refractivity (Wildman–Crippen MR) is 56.3 cm³/mol. The standard InChI is InChI=1S/C11H12N2O/c1-2-5-12-9-4-3-8-7-13-11(14)10(8)6-9/h2-4,6,12H,1,5,7H2,(H,13,14). The molecule has 3 nitrogen and oxygen atoms in total. The molecule has 1 amide bonds. The van der Waals surface area contributed by atoms with Crippen molar-refractivity contribution in [3.8, 4) is 0 Å². The van der Waals surface area contributed by atoms with Crippen molar-refractivity contribution >= 4 is 11.6 Å². The van der Waals surface area contributed by atoms with Gasteiger partial charge in [-0.3, -0.25) is 4.79 Å². The second-order valence-corrected chi connectivity index (χ2v) is 3.22. The Morgan fingerprint density at radius 1 is 1.57 bits per heavy atom. The van der Waals surface area contributed by atoms with Crippen molar-refractivity contribution in [3.05, 3.63) is 42.0 Å². The molecule has 0 saturated heterocycles. The number of rotatable bonds is 3. The normalized spacial score (nSPS) is 13.3. The Bertz CT molecular complexity index is 385. The van der Waals surface area contributed by atoms with E-state index in [0.717, 1.165) is 16.8 Å². The minimum Gasteiger partial charge on any atom is -0.382 e. The zero-order chi connectivity index (χ0) is 9.97. The fraction of sp³-hybridized carbons (Fsp3) is 0.182. The molecule has 1 aromatic carbocycles. The second-order valence-electron chi connectivity index (χ2n) is 3.22. The van der Waals surface area contributed by atoms with Crippen molar-refractivity contribution in [2.24, 2.45) is 0 Å². The monoisotopic (exact) mass is 188 g/mol. The molecule has 0 bridgehead atoms. The smallest absolute Gasteiger partial charge is 0.251 e. The second kappa shape index (κ2) is 3.54. The van der Waals surface area contributed by atoms with Crippen LogP contribution in [0.1, 0.15) is 15.9 Å². The highest BCUT2D eigenvalue weighted by Crippen LogP contribution is 2.19. The van der Waals surface area contributed by atoms with Crippen LogP contribution >= 0.6 is 0 Å². The Morgan fingerprint density at radius 3 is 3.21 bits per heavy atom. The minimum atomic E-state index is 0.0160. The average molecular weight is 188 g/mol. The molecular formula is C11H12N2O. The van der Waals surface area contributed by atoms with Crippen LogP contribution in [0.25, 0.3) is 0 Å². The summed E-state index contributed by atoms with van der Waals surface area (Å²) < 4.78 is 0. The van der Waals surface area contributed by atoms with E-state index in [2.05, 4.69) is 17.2 Å². The Hall–Kier alpha value is -1.77. The van der Waals surface area contributed by atoms with Crippen LogP contribution in [-0.4, -0.2) is 12.5 Å². The minimum absolute atomic E-state index is 0.0160. The van der Waals surface area contributed by atoms with E-state index in [4.69, 9.17) is 0 Å². The molecule has 1 aromatic rings. The molecule has 14 heavy (non-hydrogen) atoms. The molecule has 1 heterocycles. The van der Waals surface area contributed by atoms with E-state index >= 15 is 0 Å². The fourth-order valence-corrected chi connectivity index (χ4v) is 1.51. The summed E-state index contributed by atoms with van der Waals surface area (Å²) in [5.74, 6) is 0.0160. The van der Waals surface area contributed by atoms with Crippen molar-refractivity contribution in [1.29, 1.82) is 0 Å². The molecule has 0 aromatic heterocycles. The Labute approximate surface area is 82.8 Å². The first-order valence-corrected chi connectivity index (χ1v) is 4.57. The number of carbonyl (C=O) groups is 1. The maximum Gasteiger partial charge on any atom is 0.251 e. The van der Waals surface area contributed by atoms with E-state index in [0.29, 0.717) is 13.1 Å². The predicted octanol–water partition coefficient (Wildman–Crippen LogP) is 1.53. The number of anilines is 1. The maximum absolute atomic E-state index is 11.3. The number of nitrogens with one attached hydrogen (secondary N) is 2. The summed E-state index contributed by atoms with van der Waals surface area (Å²) in [6, 6.07) is 5.82. The number of benzene rings is 1. The molecule has 0 fully saturated rings. The third-order valence-electron chi connectivity index (χ3n) is 2.24. The molecule has 0 spiro atoms. The van der Waals surface area contributed by atoms with E-state index in [1.807, 2.05) is 18.2 Å². The first-order valence-electron chi connectivity index (χ1n) is 4.57. The number of carbonyl (C=O) groups excluding carboxylic acids is 1. The molecule has 1 aliphatic rings. The lowest BCUT2D eigenvalue weighted by Crippen LogP contribution is -2.12. The molecule has 0 atom stereocenters. The van der Waals surface area contributed by atoms with Gasteiger partial charge in [0.05, 0.1) is 0 Å². The van der Waals surface area contributed by atoms with Gasteiger partial charge in [0.1, 0.15) is 0 Å². The van der Waals surface area contributed by atoms with Gasteiger partial charge in [-0.15, -0.1) is 6.58 Å². The topological polar surface area (TPSA) is 41.1 Å². The van der Waals surface area contributed by atoms with Crippen LogP contribution in [0.15, 0.2) is 30.9 Å². The van der Waals surface area contributed by atoms with E-state index < -0.39 is 0 Å². The summed E-state index contributed by atoms with van der Waals surface area (Å²) in [6.45, 7) is 4.98. The van der Waals surface area contributed by atoms with Crippen molar-refractivity contribution in [2.45, 2.75) is 6.54 Å². The molecule has 3 heteroatoms. The summed E-state index contributed by atoms with van der Waals surface area (Å²) in [7, 11) is 0. The highest BCUT2D eigenvalue weighted by Gasteiger charge is 2.18. The molecule has 0 radical (unpaired) electrons. The van der Waals surface area contributed by atoms with Gasteiger partial charge in [-0.25, -0.2) is 0 Å². The van der Waals surface area contributed by atoms with Gasteiger partial charge in [0.15, 0.2) is 0 Å². The van der Waals surface area contributed by atoms with E-state index in [1.54, 1.807) is 6.08 Å². The van der Waals surface area contributed by atoms with E-state index in [9.17, 15) is 4.79 Å². The van der Waals surface area contributed by atoms with Crippen molar-refractivity contribution < 1.29 is 4.79 Å². The lowest BCUT2D eigenvalue weighted by Gasteiger charge is -2.04. The van der Waals surface area contributed by atoms with Gasteiger partial charge in [-0.05, 0) is 17.7 Å². The summed E-state index contributed by atoms with van der Waals surface area (Å²) in [4.78, 5) is 11.3. The number of hydrogen-bond donors (Lipinski definition) is 2. The molecular weight excluding hydrogens is 176 g/mol. The molecule has 0 unspecified atom stereocenters. The van der Waals surface area contributed by atoms with Crippen LogP contribution in [0.2, 0.25) is 0 Å². The number of hydrogen-bond acceptors (Lipinski definition) is 2. The molecule has 1 aliphatic heterocycles. The molecule has 2 N–H and O–H groups in total. The average Bonchev–Trinajstić information content (AvgIpc) is 2.57. The summed E-state index contributed by atoms with van der Waals surface area (Å²) >= 11 is 0. The van der Waals surface area contributed by atoms with Crippen LogP contribution in [0.3, 0.4) is 0 Å². The highest BCUT2D eigenvalue weighted by atomic mass is 16.1.